The van der Waals surface area contributed by atoms with E-state index in [4.69, 9.17) is 14.7 Å². The number of hydrogen-bond acceptors (Lipinski definition) is 4. The van der Waals surface area contributed by atoms with E-state index in [1.54, 1.807) is 0 Å². The first-order valence-corrected chi connectivity index (χ1v) is 12.1. The Morgan fingerprint density at radius 1 is 1.17 bits per heavy atom. The third kappa shape index (κ3) is 4.96. The van der Waals surface area contributed by atoms with Crippen LogP contribution in [-0.2, 0) is 4.74 Å². The van der Waals surface area contributed by atoms with Crippen LogP contribution in [0.4, 0.5) is 0 Å². The molecule has 3 atom stereocenters. The number of nitrogens with zero attached hydrogens (tertiary/aromatic N) is 2. The number of nitrogens with one attached hydrogen (secondary N) is 1. The standard InChI is InChI=1S/C26H39N3O/c1-5-30-16-20-7-10-21(11-8-20)23-12-13-25-24(15-23)26(29-19(4)28-25)27-18(3)22-9-6-17(2)14-22/h12,14-15,18,20-22,25H,5-11,13,16H2,1-4H3,(H,27,28,29). The van der Waals surface area contributed by atoms with E-state index in [1.807, 2.05) is 6.92 Å². The summed E-state index contributed by atoms with van der Waals surface area (Å²) in [5, 5.41) is 3.78. The maximum Gasteiger partial charge on any atom is 0.133 e. The van der Waals surface area contributed by atoms with E-state index in [1.165, 1.54) is 55.2 Å². The minimum absolute atomic E-state index is 0.232. The Hall–Kier alpha value is -1.68. The van der Waals surface area contributed by atoms with Gasteiger partial charge in [0.15, 0.2) is 0 Å². The summed E-state index contributed by atoms with van der Waals surface area (Å²) in [5.41, 5.74) is 4.35. The first kappa shape index (κ1) is 21.5. The Morgan fingerprint density at radius 2 is 1.97 bits per heavy atom. The molecular weight excluding hydrogens is 370 g/mol. The number of rotatable bonds is 6. The molecule has 0 spiro atoms. The first-order chi connectivity index (χ1) is 14.5. The molecule has 4 nitrogen and oxygen atoms in total. The second kappa shape index (κ2) is 9.64. The smallest absolute Gasteiger partial charge is 0.133 e. The van der Waals surface area contributed by atoms with Crippen LogP contribution in [0.2, 0.25) is 0 Å². The van der Waals surface area contributed by atoms with Crippen molar-refractivity contribution in [1.82, 2.24) is 5.32 Å². The lowest BCUT2D eigenvalue weighted by Gasteiger charge is -2.33. The molecule has 0 aromatic carbocycles. The SMILES string of the molecule is CCOCC1CCC(C2=CCC3N=C(C)N=C(NC(C)C4C=C(C)CC4)C3=C2)CC1. The second-order valence-electron chi connectivity index (χ2n) is 9.72. The van der Waals surface area contributed by atoms with Crippen LogP contribution in [0.3, 0.4) is 0 Å². The van der Waals surface area contributed by atoms with Crippen LogP contribution in [-0.4, -0.2) is 37.0 Å². The maximum atomic E-state index is 5.66. The van der Waals surface area contributed by atoms with Crippen molar-refractivity contribution in [2.75, 3.05) is 13.2 Å². The molecule has 0 radical (unpaired) electrons. The highest BCUT2D eigenvalue weighted by atomic mass is 16.5. The van der Waals surface area contributed by atoms with Crippen molar-refractivity contribution in [3.63, 3.8) is 0 Å². The van der Waals surface area contributed by atoms with E-state index < -0.39 is 0 Å². The van der Waals surface area contributed by atoms with E-state index in [2.05, 4.69) is 44.3 Å². The van der Waals surface area contributed by atoms with Crippen molar-refractivity contribution in [2.45, 2.75) is 84.7 Å². The molecule has 1 N–H and O–H groups in total. The molecule has 0 aromatic heterocycles. The van der Waals surface area contributed by atoms with Crippen LogP contribution >= 0.6 is 0 Å². The van der Waals surface area contributed by atoms with Crippen LogP contribution in [0, 0.1) is 17.8 Å². The number of hydrogen-bond donors (Lipinski definition) is 1. The predicted molar refractivity (Wildman–Crippen MR) is 126 cm³/mol. The van der Waals surface area contributed by atoms with Gasteiger partial charge in [0.25, 0.3) is 0 Å². The van der Waals surface area contributed by atoms with Crippen molar-refractivity contribution < 1.29 is 4.74 Å². The highest BCUT2D eigenvalue weighted by Gasteiger charge is 2.31. The summed E-state index contributed by atoms with van der Waals surface area (Å²) < 4.78 is 5.66. The molecule has 3 unspecified atom stereocenters. The number of allylic oxidation sites excluding steroid dienone is 3. The largest absolute Gasteiger partial charge is 0.381 e. The fraction of sp³-hybridized carbons (Fsp3) is 0.692. The molecule has 1 fully saturated rings. The lowest BCUT2D eigenvalue weighted by atomic mass is 9.76. The van der Waals surface area contributed by atoms with Gasteiger partial charge in [-0.1, -0.05) is 17.7 Å². The molecule has 0 aromatic rings. The molecule has 30 heavy (non-hydrogen) atoms. The predicted octanol–water partition coefficient (Wildman–Crippen LogP) is 5.62. The van der Waals surface area contributed by atoms with Crippen LogP contribution in [0.1, 0.15) is 72.6 Å². The quantitative estimate of drug-likeness (QED) is 0.579. The van der Waals surface area contributed by atoms with Gasteiger partial charge in [-0.2, -0.15) is 0 Å². The van der Waals surface area contributed by atoms with Gasteiger partial charge in [-0.3, -0.25) is 4.99 Å². The van der Waals surface area contributed by atoms with Gasteiger partial charge in [0, 0.05) is 24.8 Å². The minimum atomic E-state index is 0.232. The lowest BCUT2D eigenvalue weighted by molar-refractivity contribution is 0.0895. The zero-order valence-electron chi connectivity index (χ0n) is 19.3. The third-order valence-corrected chi connectivity index (χ3v) is 7.40. The molecule has 1 heterocycles. The van der Waals surface area contributed by atoms with E-state index in [-0.39, 0.29) is 6.04 Å². The Morgan fingerprint density at radius 3 is 2.67 bits per heavy atom. The molecular formula is C26H39N3O. The monoisotopic (exact) mass is 409 g/mol. The summed E-state index contributed by atoms with van der Waals surface area (Å²) in [6.07, 6.45) is 15.9. The van der Waals surface area contributed by atoms with E-state index in [0.717, 1.165) is 37.2 Å². The van der Waals surface area contributed by atoms with E-state index in [9.17, 15) is 0 Å². The normalized spacial score (nSPS) is 32.3. The lowest BCUT2D eigenvalue weighted by Crippen LogP contribution is -2.42. The van der Waals surface area contributed by atoms with Crippen LogP contribution in [0.25, 0.3) is 0 Å². The number of aliphatic imine (C=N–C) groups is 2. The van der Waals surface area contributed by atoms with Crippen molar-refractivity contribution in [1.29, 1.82) is 0 Å². The molecule has 164 valence electrons. The zero-order valence-corrected chi connectivity index (χ0v) is 19.3. The van der Waals surface area contributed by atoms with Crippen molar-refractivity contribution in [3.05, 3.63) is 34.9 Å². The zero-order chi connectivity index (χ0) is 21.1. The molecule has 0 amide bonds. The van der Waals surface area contributed by atoms with E-state index >= 15 is 0 Å². The van der Waals surface area contributed by atoms with Gasteiger partial charge in [-0.05, 0) is 102 Å². The molecule has 0 bridgehead atoms. The Bertz CT molecular complexity index is 780. The molecule has 4 heteroatoms. The average molecular weight is 410 g/mol. The molecule has 3 aliphatic carbocycles. The van der Waals surface area contributed by atoms with Crippen molar-refractivity contribution in [3.8, 4) is 0 Å². The molecule has 1 saturated carbocycles. The highest BCUT2D eigenvalue weighted by Crippen LogP contribution is 2.37. The van der Waals surface area contributed by atoms with Crippen LogP contribution < -0.4 is 5.32 Å². The molecule has 4 rings (SSSR count). The summed E-state index contributed by atoms with van der Waals surface area (Å²) in [7, 11) is 0. The van der Waals surface area contributed by atoms with Crippen molar-refractivity contribution >= 4 is 11.7 Å². The van der Waals surface area contributed by atoms with Gasteiger partial charge in [0.1, 0.15) is 11.7 Å². The van der Waals surface area contributed by atoms with Gasteiger partial charge in [0.05, 0.1) is 6.04 Å². The summed E-state index contributed by atoms with van der Waals surface area (Å²) in [6, 6.07) is 0.633. The van der Waals surface area contributed by atoms with Gasteiger partial charge in [0.2, 0.25) is 0 Å². The highest BCUT2D eigenvalue weighted by molar-refractivity contribution is 6.09. The molecule has 1 aliphatic heterocycles. The Labute approximate surface area is 182 Å². The third-order valence-electron chi connectivity index (χ3n) is 7.40. The fourth-order valence-corrected chi connectivity index (χ4v) is 5.53. The summed E-state index contributed by atoms with van der Waals surface area (Å²) in [5.74, 6) is 4.00. The van der Waals surface area contributed by atoms with Gasteiger partial charge >= 0.3 is 0 Å². The van der Waals surface area contributed by atoms with Gasteiger partial charge in [-0.15, -0.1) is 0 Å². The second-order valence-corrected chi connectivity index (χ2v) is 9.72. The van der Waals surface area contributed by atoms with Crippen LogP contribution in [0.15, 0.2) is 44.9 Å². The molecule has 4 aliphatic rings. The Balaban J connectivity index is 1.44. The number of amidine groups is 2. The van der Waals surface area contributed by atoms with Crippen molar-refractivity contribution in [2.24, 2.45) is 27.7 Å². The summed E-state index contributed by atoms with van der Waals surface area (Å²) in [4.78, 5) is 9.69. The van der Waals surface area contributed by atoms with Gasteiger partial charge in [-0.25, -0.2) is 4.99 Å². The molecule has 0 saturated heterocycles. The fourth-order valence-electron chi connectivity index (χ4n) is 5.53. The topological polar surface area (TPSA) is 46.0 Å². The minimum Gasteiger partial charge on any atom is -0.381 e. The van der Waals surface area contributed by atoms with E-state index in [0.29, 0.717) is 17.9 Å². The summed E-state index contributed by atoms with van der Waals surface area (Å²) in [6.45, 7) is 10.4. The average Bonchev–Trinajstić information content (AvgIpc) is 3.19. The Kier molecular flexibility index (Phi) is 6.92. The number of ether oxygens (including phenoxy) is 1. The first-order valence-electron chi connectivity index (χ1n) is 12.1. The maximum absolute atomic E-state index is 5.66. The number of fused-ring (bicyclic) bond motifs is 1. The van der Waals surface area contributed by atoms with Gasteiger partial charge < -0.3 is 10.1 Å². The van der Waals surface area contributed by atoms with Crippen LogP contribution in [0.5, 0.6) is 0 Å². The summed E-state index contributed by atoms with van der Waals surface area (Å²) >= 11 is 0.